The van der Waals surface area contributed by atoms with Crippen molar-refractivity contribution in [2.24, 2.45) is 0 Å². The molecule has 36 heavy (non-hydrogen) atoms. The quantitative estimate of drug-likeness (QED) is 0.373. The number of nitrogens with zero attached hydrogens (tertiary/aromatic N) is 2. The van der Waals surface area contributed by atoms with E-state index in [9.17, 15) is 13.2 Å². The lowest BCUT2D eigenvalue weighted by atomic mass is 10.1. The average Bonchev–Trinajstić information content (AvgIpc) is 2.86. The van der Waals surface area contributed by atoms with Crippen molar-refractivity contribution in [2.45, 2.75) is 23.3 Å². The van der Waals surface area contributed by atoms with Gasteiger partial charge in [-0.1, -0.05) is 47.5 Å². The van der Waals surface area contributed by atoms with Crippen LogP contribution in [0.1, 0.15) is 11.1 Å². The highest BCUT2D eigenvalue weighted by molar-refractivity contribution is 7.91. The second kappa shape index (κ2) is 9.69. The van der Waals surface area contributed by atoms with Crippen molar-refractivity contribution in [3.8, 4) is 0 Å². The summed E-state index contributed by atoms with van der Waals surface area (Å²) in [6, 6.07) is 16.3. The molecule has 186 valence electrons. The molecule has 1 saturated heterocycles. The first kappa shape index (κ1) is 24.5. The average molecular weight is 527 g/mol. The number of ether oxygens (including phenoxy) is 1. The molecule has 1 fully saturated rings. The van der Waals surface area contributed by atoms with Crippen LogP contribution < -0.4 is 10.3 Å². The van der Waals surface area contributed by atoms with E-state index < -0.39 is 26.0 Å². The molecule has 0 unspecified atom stereocenters. The van der Waals surface area contributed by atoms with Crippen molar-refractivity contribution in [1.82, 2.24) is 4.57 Å². The lowest BCUT2D eigenvalue weighted by Crippen LogP contribution is -2.36. The number of hydrogen-bond donors (Lipinski definition) is 0. The fraction of sp³-hybridized carbons (Fsp3) is 0.222. The Balaban J connectivity index is 1.75. The van der Waals surface area contributed by atoms with Gasteiger partial charge in [0, 0.05) is 30.9 Å². The van der Waals surface area contributed by atoms with E-state index in [0.29, 0.717) is 44.1 Å². The van der Waals surface area contributed by atoms with Crippen molar-refractivity contribution < 1.29 is 17.5 Å². The van der Waals surface area contributed by atoms with Gasteiger partial charge in [0.1, 0.15) is 10.7 Å². The highest BCUT2D eigenvalue weighted by Gasteiger charge is 2.26. The van der Waals surface area contributed by atoms with Gasteiger partial charge in [-0.15, -0.1) is 0 Å². The number of hydrogen-bond acceptors (Lipinski definition) is 5. The van der Waals surface area contributed by atoms with Gasteiger partial charge in [-0.25, -0.2) is 12.8 Å². The minimum Gasteiger partial charge on any atom is -0.378 e. The van der Waals surface area contributed by atoms with E-state index in [-0.39, 0.29) is 15.3 Å². The molecule has 1 aliphatic rings. The predicted octanol–water partition coefficient (Wildman–Crippen LogP) is 4.82. The molecular weight excluding hydrogens is 503 g/mol. The van der Waals surface area contributed by atoms with Gasteiger partial charge in [-0.05, 0) is 42.8 Å². The first-order chi connectivity index (χ1) is 17.2. The Labute approximate surface area is 213 Å². The first-order valence-corrected chi connectivity index (χ1v) is 13.4. The fourth-order valence-corrected chi connectivity index (χ4v) is 6.18. The van der Waals surface area contributed by atoms with Gasteiger partial charge >= 0.3 is 0 Å². The van der Waals surface area contributed by atoms with Crippen molar-refractivity contribution in [3.63, 3.8) is 0 Å². The van der Waals surface area contributed by atoms with E-state index in [4.69, 9.17) is 16.3 Å². The van der Waals surface area contributed by atoms with Crippen LogP contribution in [0.4, 0.5) is 10.1 Å². The fourth-order valence-electron chi connectivity index (χ4n) is 4.51. The maximum atomic E-state index is 15.3. The number of morpholine rings is 1. The molecule has 0 radical (unpaired) electrons. The lowest BCUT2D eigenvalue weighted by Gasteiger charge is -2.29. The third kappa shape index (κ3) is 4.64. The summed E-state index contributed by atoms with van der Waals surface area (Å²) >= 11 is 6.03. The van der Waals surface area contributed by atoms with Crippen molar-refractivity contribution >= 4 is 38.0 Å². The monoisotopic (exact) mass is 526 g/mol. The number of aromatic nitrogens is 1. The van der Waals surface area contributed by atoms with E-state index in [0.717, 1.165) is 17.2 Å². The van der Waals surface area contributed by atoms with Crippen LogP contribution in [0.5, 0.6) is 0 Å². The first-order valence-electron chi connectivity index (χ1n) is 11.5. The van der Waals surface area contributed by atoms with Crippen LogP contribution in [0.15, 0.2) is 81.4 Å². The minimum atomic E-state index is -4.22. The zero-order valence-electron chi connectivity index (χ0n) is 19.6. The van der Waals surface area contributed by atoms with Gasteiger partial charge in [0.25, 0.3) is 0 Å². The summed E-state index contributed by atoms with van der Waals surface area (Å²) in [6.45, 7) is 4.25. The second-order valence-corrected chi connectivity index (χ2v) is 11.2. The molecule has 5 rings (SSSR count). The Morgan fingerprint density at radius 1 is 1.03 bits per heavy atom. The molecule has 0 N–H and O–H groups in total. The number of rotatable bonds is 5. The van der Waals surface area contributed by atoms with Crippen LogP contribution in [0.3, 0.4) is 0 Å². The molecule has 0 amide bonds. The van der Waals surface area contributed by atoms with E-state index in [2.05, 4.69) is 0 Å². The summed E-state index contributed by atoms with van der Waals surface area (Å²) in [4.78, 5) is 14.9. The van der Waals surface area contributed by atoms with E-state index in [1.165, 1.54) is 24.4 Å². The van der Waals surface area contributed by atoms with E-state index >= 15 is 4.39 Å². The summed E-state index contributed by atoms with van der Waals surface area (Å²) in [5.41, 5.74) is 2.02. The molecular formula is C27H24ClFN2O4S. The molecule has 4 aromatic rings. The lowest BCUT2D eigenvalue weighted by molar-refractivity contribution is 0.122. The summed E-state index contributed by atoms with van der Waals surface area (Å²) in [7, 11) is -4.22. The Bertz CT molecular complexity index is 1630. The molecule has 0 bridgehead atoms. The standard InChI is InChI=1S/C27H24ClFN2O4S/c1-18-4-2-5-19(12-18)16-31-17-26(36(33,34)21-7-3-6-20(28)13-21)27(32)22-14-23(29)25(15-24(22)31)30-8-10-35-11-9-30/h2-7,12-15,17H,8-11,16H2,1H3. The van der Waals surface area contributed by atoms with Crippen LogP contribution in [-0.2, 0) is 21.1 Å². The summed E-state index contributed by atoms with van der Waals surface area (Å²) in [5.74, 6) is -0.582. The maximum Gasteiger partial charge on any atom is 0.211 e. The van der Waals surface area contributed by atoms with Gasteiger partial charge in [0.2, 0.25) is 15.3 Å². The normalized spacial score (nSPS) is 14.4. The van der Waals surface area contributed by atoms with Gasteiger partial charge < -0.3 is 14.2 Å². The molecule has 1 aliphatic heterocycles. The largest absolute Gasteiger partial charge is 0.378 e. The molecule has 0 saturated carbocycles. The topological polar surface area (TPSA) is 68.6 Å². The molecule has 0 spiro atoms. The molecule has 0 atom stereocenters. The summed E-state index contributed by atoms with van der Waals surface area (Å²) < 4.78 is 49.4. The second-order valence-electron chi connectivity index (χ2n) is 8.82. The Morgan fingerprint density at radius 2 is 1.78 bits per heavy atom. The highest BCUT2D eigenvalue weighted by Crippen LogP contribution is 2.29. The van der Waals surface area contributed by atoms with Crippen molar-refractivity contribution in [3.05, 3.63) is 99.1 Å². The van der Waals surface area contributed by atoms with Gasteiger partial charge in [0.05, 0.1) is 34.7 Å². The van der Waals surface area contributed by atoms with E-state index in [1.807, 2.05) is 36.1 Å². The van der Waals surface area contributed by atoms with Gasteiger partial charge in [-0.2, -0.15) is 0 Å². The van der Waals surface area contributed by atoms with Crippen LogP contribution in [0, 0.1) is 12.7 Å². The van der Waals surface area contributed by atoms with Gasteiger partial charge in [-0.3, -0.25) is 4.79 Å². The molecule has 0 aliphatic carbocycles. The third-order valence-corrected chi connectivity index (χ3v) is 8.28. The van der Waals surface area contributed by atoms with Crippen LogP contribution in [0.2, 0.25) is 5.02 Å². The number of sulfone groups is 1. The third-order valence-electron chi connectivity index (χ3n) is 6.30. The maximum absolute atomic E-state index is 15.3. The number of pyridine rings is 1. The number of anilines is 1. The number of aryl methyl sites for hydroxylation is 1. The Morgan fingerprint density at radius 3 is 2.50 bits per heavy atom. The number of fused-ring (bicyclic) bond motifs is 1. The van der Waals surface area contributed by atoms with Crippen LogP contribution >= 0.6 is 11.6 Å². The van der Waals surface area contributed by atoms with E-state index in [1.54, 1.807) is 16.7 Å². The molecule has 9 heteroatoms. The Kier molecular flexibility index (Phi) is 6.59. The zero-order valence-corrected chi connectivity index (χ0v) is 21.2. The van der Waals surface area contributed by atoms with Crippen molar-refractivity contribution in [1.29, 1.82) is 0 Å². The highest BCUT2D eigenvalue weighted by atomic mass is 35.5. The molecule has 6 nitrogen and oxygen atoms in total. The predicted molar refractivity (Wildman–Crippen MR) is 138 cm³/mol. The SMILES string of the molecule is Cc1cccc(Cn2cc(S(=O)(=O)c3cccc(Cl)c3)c(=O)c3cc(F)c(N4CCOCC4)cc32)c1. The summed E-state index contributed by atoms with van der Waals surface area (Å²) in [5, 5.41) is 0.235. The smallest absolute Gasteiger partial charge is 0.211 e. The van der Waals surface area contributed by atoms with Crippen LogP contribution in [0.25, 0.3) is 10.9 Å². The number of benzene rings is 3. The molecule has 3 aromatic carbocycles. The Hall–Kier alpha value is -3.20. The van der Waals surface area contributed by atoms with Crippen LogP contribution in [-0.4, -0.2) is 39.3 Å². The van der Waals surface area contributed by atoms with Gasteiger partial charge in [0.15, 0.2) is 0 Å². The number of halogens is 2. The summed E-state index contributed by atoms with van der Waals surface area (Å²) in [6.07, 6.45) is 1.35. The minimum absolute atomic E-state index is 0.000246. The zero-order chi connectivity index (χ0) is 25.4. The van der Waals surface area contributed by atoms with Crippen molar-refractivity contribution in [2.75, 3.05) is 31.2 Å². The molecule has 2 heterocycles. The molecule has 1 aromatic heterocycles.